The van der Waals surface area contributed by atoms with E-state index in [-0.39, 0.29) is 5.75 Å². The van der Waals surface area contributed by atoms with Crippen LogP contribution in [0.3, 0.4) is 0 Å². The van der Waals surface area contributed by atoms with Crippen molar-refractivity contribution in [1.82, 2.24) is 14.9 Å². The molecule has 0 fully saturated rings. The lowest BCUT2D eigenvalue weighted by Gasteiger charge is -2.08. The maximum atomic E-state index is 9.91. The minimum atomic E-state index is 0.0746. The zero-order valence-corrected chi connectivity index (χ0v) is 14.7. The molecule has 0 unspecified atom stereocenters. The largest absolute Gasteiger partial charge is 0.503 e. The predicted molar refractivity (Wildman–Crippen MR) is 91.4 cm³/mol. The van der Waals surface area contributed by atoms with Crippen LogP contribution in [0.2, 0.25) is 0 Å². The summed E-state index contributed by atoms with van der Waals surface area (Å²) in [7, 11) is 0. The van der Waals surface area contributed by atoms with E-state index in [0.29, 0.717) is 21.6 Å². The molecule has 2 N–H and O–H groups in total. The summed E-state index contributed by atoms with van der Waals surface area (Å²) in [6.45, 7) is 4.39. The molecule has 8 heteroatoms. The monoisotopic (exact) mass is 384 g/mol. The second kappa shape index (κ2) is 7.55. The van der Waals surface area contributed by atoms with Gasteiger partial charge in [-0.05, 0) is 59.2 Å². The highest BCUT2D eigenvalue weighted by Gasteiger charge is 2.09. The zero-order valence-electron chi connectivity index (χ0n) is 12.3. The molecule has 118 valence electrons. The Balaban J connectivity index is 2.34. The van der Waals surface area contributed by atoms with Gasteiger partial charge in [0.15, 0.2) is 17.3 Å². The van der Waals surface area contributed by atoms with E-state index in [9.17, 15) is 5.11 Å². The number of hydrogen-bond acceptors (Lipinski definition) is 5. The van der Waals surface area contributed by atoms with Crippen molar-refractivity contribution in [3.8, 4) is 11.5 Å². The fourth-order valence-corrected chi connectivity index (χ4v) is 2.54. The molecule has 0 bridgehead atoms. The smallest absolute Gasteiger partial charge is 0.216 e. The lowest BCUT2D eigenvalue weighted by Crippen LogP contribution is -1.99. The number of phenols is 1. The van der Waals surface area contributed by atoms with Crippen LogP contribution in [-0.4, -0.2) is 32.8 Å². The molecule has 0 amide bonds. The Bertz CT molecular complexity index is 739. The van der Waals surface area contributed by atoms with Gasteiger partial charge in [-0.25, -0.2) is 0 Å². The summed E-state index contributed by atoms with van der Waals surface area (Å²) in [6, 6.07) is 3.47. The van der Waals surface area contributed by atoms with Gasteiger partial charge in [0.25, 0.3) is 0 Å². The van der Waals surface area contributed by atoms with Crippen molar-refractivity contribution < 1.29 is 9.84 Å². The number of nitrogens with zero attached hydrogens (tertiary/aromatic N) is 3. The number of aromatic amines is 1. The molecule has 0 aliphatic carbocycles. The standard InChI is InChI=1S/C14H17BrN4O2S/c1-3-5-12-17-18-14(22)19(12)16-8-9-6-10(15)13(20)11(7-9)21-4-2/h6-8,20H,3-5H2,1-2H3,(H,18,22)/b16-8-. The second-order valence-electron chi connectivity index (χ2n) is 4.53. The highest BCUT2D eigenvalue weighted by atomic mass is 79.9. The molecule has 0 saturated carbocycles. The molecule has 2 rings (SSSR count). The summed E-state index contributed by atoms with van der Waals surface area (Å²) in [5.41, 5.74) is 0.777. The van der Waals surface area contributed by atoms with Gasteiger partial charge in [0.05, 0.1) is 17.3 Å². The number of aryl methyl sites for hydroxylation is 1. The second-order valence-corrected chi connectivity index (χ2v) is 5.77. The van der Waals surface area contributed by atoms with Crippen molar-refractivity contribution in [3.63, 3.8) is 0 Å². The van der Waals surface area contributed by atoms with Crippen LogP contribution in [0.15, 0.2) is 21.7 Å². The Kier molecular flexibility index (Phi) is 5.73. The number of halogens is 1. The zero-order chi connectivity index (χ0) is 16.1. The van der Waals surface area contributed by atoms with Gasteiger partial charge in [-0.15, -0.1) is 0 Å². The lowest BCUT2D eigenvalue weighted by molar-refractivity contribution is 0.317. The minimum Gasteiger partial charge on any atom is -0.503 e. The highest BCUT2D eigenvalue weighted by molar-refractivity contribution is 9.10. The maximum absolute atomic E-state index is 9.91. The lowest BCUT2D eigenvalue weighted by atomic mass is 10.2. The first-order valence-electron chi connectivity index (χ1n) is 6.92. The number of hydrogen-bond donors (Lipinski definition) is 2. The molecule has 2 aromatic rings. The van der Waals surface area contributed by atoms with E-state index in [1.807, 2.05) is 6.92 Å². The molecule has 0 saturated heterocycles. The van der Waals surface area contributed by atoms with E-state index in [1.54, 1.807) is 23.0 Å². The van der Waals surface area contributed by atoms with Gasteiger partial charge in [-0.3, -0.25) is 5.10 Å². The third-order valence-corrected chi connectivity index (χ3v) is 3.73. The van der Waals surface area contributed by atoms with Crippen LogP contribution < -0.4 is 4.74 Å². The number of nitrogens with one attached hydrogen (secondary N) is 1. The number of ether oxygens (including phenoxy) is 1. The van der Waals surface area contributed by atoms with Gasteiger partial charge in [-0.2, -0.15) is 14.9 Å². The molecule has 0 spiro atoms. The number of aromatic nitrogens is 3. The van der Waals surface area contributed by atoms with Crippen LogP contribution in [0.5, 0.6) is 11.5 Å². The Morgan fingerprint density at radius 1 is 1.50 bits per heavy atom. The van der Waals surface area contributed by atoms with Crippen LogP contribution in [-0.2, 0) is 6.42 Å². The molecular formula is C14H17BrN4O2S. The van der Waals surface area contributed by atoms with E-state index in [2.05, 4.69) is 38.2 Å². The quantitative estimate of drug-likeness (QED) is 0.588. The fourth-order valence-electron chi connectivity index (χ4n) is 1.89. The van der Waals surface area contributed by atoms with Gasteiger partial charge >= 0.3 is 0 Å². The Labute approximate surface area is 142 Å². The molecule has 0 aliphatic rings. The Morgan fingerprint density at radius 3 is 2.95 bits per heavy atom. The summed E-state index contributed by atoms with van der Waals surface area (Å²) in [5.74, 6) is 1.26. The normalized spacial score (nSPS) is 11.2. The topological polar surface area (TPSA) is 75.4 Å². The summed E-state index contributed by atoms with van der Waals surface area (Å²) < 4.78 is 7.98. The first-order valence-corrected chi connectivity index (χ1v) is 8.12. The van der Waals surface area contributed by atoms with E-state index < -0.39 is 0 Å². The van der Waals surface area contributed by atoms with Crippen molar-refractivity contribution in [2.75, 3.05) is 6.61 Å². The third kappa shape index (κ3) is 3.75. The predicted octanol–water partition coefficient (Wildman–Crippen LogP) is 3.64. The first-order chi connectivity index (χ1) is 10.6. The fraction of sp³-hybridized carbons (Fsp3) is 0.357. The Morgan fingerprint density at radius 2 is 2.27 bits per heavy atom. The number of rotatable bonds is 6. The summed E-state index contributed by atoms with van der Waals surface area (Å²) >= 11 is 8.48. The van der Waals surface area contributed by atoms with E-state index in [1.165, 1.54) is 0 Å². The van der Waals surface area contributed by atoms with Crippen molar-refractivity contribution in [1.29, 1.82) is 0 Å². The summed E-state index contributed by atoms with van der Waals surface area (Å²) in [6.07, 6.45) is 3.39. The van der Waals surface area contributed by atoms with Crippen molar-refractivity contribution in [2.45, 2.75) is 26.7 Å². The van der Waals surface area contributed by atoms with E-state index in [4.69, 9.17) is 17.0 Å². The molecule has 1 aromatic heterocycles. The van der Waals surface area contributed by atoms with Gasteiger partial charge < -0.3 is 9.84 Å². The van der Waals surface area contributed by atoms with Crippen LogP contribution in [0.25, 0.3) is 0 Å². The molecule has 0 aliphatic heterocycles. The number of H-pyrrole nitrogens is 1. The molecule has 0 radical (unpaired) electrons. The average molecular weight is 385 g/mol. The number of phenolic OH excluding ortho intramolecular Hbond substituents is 1. The molecule has 1 aromatic carbocycles. The van der Waals surface area contributed by atoms with Crippen LogP contribution in [0, 0.1) is 4.77 Å². The van der Waals surface area contributed by atoms with Crippen molar-refractivity contribution in [3.05, 3.63) is 32.8 Å². The van der Waals surface area contributed by atoms with Gasteiger partial charge in [0.1, 0.15) is 0 Å². The molecule has 22 heavy (non-hydrogen) atoms. The Hall–Kier alpha value is -1.67. The van der Waals surface area contributed by atoms with E-state index >= 15 is 0 Å². The average Bonchev–Trinajstić information content (AvgIpc) is 2.83. The van der Waals surface area contributed by atoms with Crippen LogP contribution in [0.1, 0.15) is 31.7 Å². The van der Waals surface area contributed by atoms with Crippen molar-refractivity contribution >= 4 is 34.4 Å². The minimum absolute atomic E-state index is 0.0746. The highest BCUT2D eigenvalue weighted by Crippen LogP contribution is 2.35. The van der Waals surface area contributed by atoms with Gasteiger partial charge in [0.2, 0.25) is 4.77 Å². The number of aromatic hydroxyl groups is 1. The molecular weight excluding hydrogens is 368 g/mol. The molecule has 0 atom stereocenters. The molecule has 6 nitrogen and oxygen atoms in total. The van der Waals surface area contributed by atoms with Crippen LogP contribution >= 0.6 is 28.1 Å². The van der Waals surface area contributed by atoms with Gasteiger partial charge in [-0.1, -0.05) is 6.92 Å². The van der Waals surface area contributed by atoms with Crippen LogP contribution in [0.4, 0.5) is 0 Å². The summed E-state index contributed by atoms with van der Waals surface area (Å²) in [5, 5.41) is 21.2. The maximum Gasteiger partial charge on any atom is 0.216 e. The first kappa shape index (κ1) is 16.7. The van der Waals surface area contributed by atoms with E-state index in [0.717, 1.165) is 24.2 Å². The molecule has 1 heterocycles. The number of benzene rings is 1. The van der Waals surface area contributed by atoms with Gasteiger partial charge in [0, 0.05) is 6.42 Å². The van der Waals surface area contributed by atoms with Crippen molar-refractivity contribution in [2.24, 2.45) is 5.10 Å². The third-order valence-electron chi connectivity index (χ3n) is 2.86. The summed E-state index contributed by atoms with van der Waals surface area (Å²) in [4.78, 5) is 0. The SMILES string of the molecule is CCCc1n[nH]c(=S)n1/N=C\c1cc(Br)c(O)c(OCC)c1.